The fraction of sp³-hybridized carbons (Fsp3) is 0.270. The fourth-order valence-electron chi connectivity index (χ4n) is 12.0. The summed E-state index contributed by atoms with van der Waals surface area (Å²) in [5, 5.41) is 26.7. The topological polar surface area (TPSA) is 137 Å². The van der Waals surface area contributed by atoms with Crippen LogP contribution >= 0.6 is 0 Å². The van der Waals surface area contributed by atoms with Crippen molar-refractivity contribution < 1.29 is 18.9 Å². The minimum Gasteiger partial charge on any atom is -0.493 e. The van der Waals surface area contributed by atoms with Gasteiger partial charge in [-0.15, -0.1) is 10.2 Å². The summed E-state index contributed by atoms with van der Waals surface area (Å²) in [5.41, 5.74) is 13.3. The predicted octanol–water partition coefficient (Wildman–Crippen LogP) is 12.6. The van der Waals surface area contributed by atoms with E-state index in [4.69, 9.17) is 18.9 Å². The molecule has 0 aliphatic carbocycles. The molecule has 16 nitrogen and oxygen atoms in total. The van der Waals surface area contributed by atoms with Crippen molar-refractivity contribution in [3.8, 4) is 34.4 Å². The Labute approximate surface area is 529 Å². The van der Waals surface area contributed by atoms with Crippen molar-refractivity contribution in [2.24, 2.45) is 0 Å². The quantitative estimate of drug-likeness (QED) is 0.0636. The summed E-state index contributed by atoms with van der Waals surface area (Å²) in [6.07, 6.45) is 8.90. The Morgan fingerprint density at radius 1 is 0.400 bits per heavy atom. The van der Waals surface area contributed by atoms with Crippen molar-refractivity contribution in [2.45, 2.75) is 53.0 Å². The van der Waals surface area contributed by atoms with Crippen LogP contribution in [0.25, 0.3) is 23.5 Å². The third-order valence-electron chi connectivity index (χ3n) is 16.8. The van der Waals surface area contributed by atoms with Crippen LogP contribution < -0.4 is 18.9 Å². The van der Waals surface area contributed by atoms with Crippen LogP contribution in [-0.2, 0) is 13.2 Å². The van der Waals surface area contributed by atoms with Crippen molar-refractivity contribution >= 4 is 12.2 Å². The molecule has 2 aliphatic rings. The molecule has 10 aromatic rings. The highest BCUT2D eigenvalue weighted by Gasteiger charge is 2.34. The van der Waals surface area contributed by atoms with E-state index < -0.39 is 0 Å². The Balaban J connectivity index is 0.000000185. The third-order valence-corrected chi connectivity index (χ3v) is 16.8. The number of piperazine rings is 2. The Kier molecular flexibility index (Phi) is 21.1. The Morgan fingerprint density at radius 3 is 1.11 bits per heavy atom. The lowest BCUT2D eigenvalue weighted by atomic mass is 10.0. The van der Waals surface area contributed by atoms with Gasteiger partial charge in [0, 0.05) is 65.4 Å². The molecule has 0 amide bonds. The van der Waals surface area contributed by atoms with E-state index in [-0.39, 0.29) is 12.1 Å². The van der Waals surface area contributed by atoms with E-state index in [1.165, 1.54) is 11.1 Å². The average Bonchev–Trinajstić information content (AvgIpc) is 1.81. The minimum absolute atomic E-state index is 0.182. The average molecular weight is 1200 g/mol. The smallest absolute Gasteiger partial charge is 0.178 e. The summed E-state index contributed by atoms with van der Waals surface area (Å²) in [5.74, 6) is 4.34. The van der Waals surface area contributed by atoms with Crippen LogP contribution in [0.2, 0.25) is 0 Å². The van der Waals surface area contributed by atoms with Crippen LogP contribution in [0, 0.1) is 27.7 Å². The highest BCUT2D eigenvalue weighted by atomic mass is 16.5. The number of methoxy groups -OCH3 is 2. The minimum atomic E-state index is -0.182. The van der Waals surface area contributed by atoms with Crippen molar-refractivity contribution in [1.82, 2.24) is 60.0 Å². The van der Waals surface area contributed by atoms with E-state index in [2.05, 4.69) is 236 Å². The molecule has 12 rings (SSSR count). The molecule has 8 aromatic carbocycles. The Morgan fingerprint density at radius 2 is 0.756 bits per heavy atom. The van der Waals surface area contributed by atoms with Gasteiger partial charge < -0.3 is 18.9 Å². The van der Waals surface area contributed by atoms with Gasteiger partial charge in [0.25, 0.3) is 0 Å². The van der Waals surface area contributed by atoms with Gasteiger partial charge in [-0.1, -0.05) is 194 Å². The van der Waals surface area contributed by atoms with Crippen LogP contribution in [0.4, 0.5) is 0 Å². The normalized spacial score (nSPS) is 14.9. The van der Waals surface area contributed by atoms with Gasteiger partial charge in [-0.3, -0.25) is 19.6 Å². The van der Waals surface area contributed by atoms with Crippen molar-refractivity contribution in [3.05, 3.63) is 274 Å². The molecule has 2 atom stereocenters. The Hall–Kier alpha value is -9.58. The van der Waals surface area contributed by atoms with Crippen LogP contribution in [0.15, 0.2) is 206 Å². The second-order valence-electron chi connectivity index (χ2n) is 22.9. The first-order valence-corrected chi connectivity index (χ1v) is 31.0. The maximum Gasteiger partial charge on any atom is 0.178 e. The molecule has 0 unspecified atom stereocenters. The first-order valence-electron chi connectivity index (χ1n) is 31.0. The highest BCUT2D eigenvalue weighted by molar-refractivity contribution is 5.52. The number of tetrazole rings is 2. The number of rotatable bonds is 22. The number of ether oxygens (including phenoxy) is 4. The number of aryl methyl sites for hydroxylation is 4. The van der Waals surface area contributed by atoms with Gasteiger partial charge >= 0.3 is 0 Å². The number of aromatic nitrogens is 8. The molecule has 0 N–H and O–H groups in total. The van der Waals surface area contributed by atoms with E-state index in [0.717, 1.165) is 133 Å². The van der Waals surface area contributed by atoms with Crippen molar-refractivity contribution in [1.29, 1.82) is 0 Å². The van der Waals surface area contributed by atoms with Gasteiger partial charge in [0.05, 0.1) is 37.7 Å². The lowest BCUT2D eigenvalue weighted by Gasteiger charge is -2.38. The van der Waals surface area contributed by atoms with Crippen LogP contribution in [0.3, 0.4) is 0 Å². The molecule has 2 saturated heterocycles. The lowest BCUT2D eigenvalue weighted by molar-refractivity contribution is 0.113. The van der Waals surface area contributed by atoms with Gasteiger partial charge in [0.15, 0.2) is 34.6 Å². The summed E-state index contributed by atoms with van der Waals surface area (Å²) in [6.45, 7) is 18.4. The molecule has 90 heavy (non-hydrogen) atoms. The summed E-state index contributed by atoms with van der Waals surface area (Å²) >= 11 is 0. The zero-order valence-electron chi connectivity index (χ0n) is 52.4. The summed E-state index contributed by atoms with van der Waals surface area (Å²) < 4.78 is 27.9. The SMILES string of the molecule is COc1cc([C@@H](c2nnnn2-c2c(C)cccc2C)N2CCN(C/C=C/c3ccccc3)CC2)ccc1OCc1ccccc1.COc1cc([C@H](c2nnnn2-c2c(C)cccc2C)N2CCN(C/C=C/c3ccccc3)CC2)ccc1OCc1ccccc1. The monoisotopic (exact) mass is 1200 g/mol. The van der Waals surface area contributed by atoms with Crippen LogP contribution in [0.5, 0.6) is 23.0 Å². The number of hydrogen-bond acceptors (Lipinski definition) is 14. The van der Waals surface area contributed by atoms with E-state index in [0.29, 0.717) is 36.2 Å². The van der Waals surface area contributed by atoms with E-state index in [9.17, 15) is 0 Å². The molecule has 0 spiro atoms. The van der Waals surface area contributed by atoms with Crippen molar-refractivity contribution in [2.75, 3.05) is 79.7 Å². The molecule has 16 heteroatoms. The number of benzene rings is 8. The van der Waals surface area contributed by atoms with E-state index in [1.54, 1.807) is 14.2 Å². The van der Waals surface area contributed by atoms with Gasteiger partial charge in [-0.2, -0.15) is 9.36 Å². The highest BCUT2D eigenvalue weighted by Crippen LogP contribution is 2.39. The molecular weight excluding hydrogens is 1120 g/mol. The van der Waals surface area contributed by atoms with Crippen LogP contribution in [-0.4, -0.2) is 140 Å². The maximum atomic E-state index is 6.20. The molecule has 2 aliphatic heterocycles. The van der Waals surface area contributed by atoms with Gasteiger partial charge in [0.2, 0.25) is 0 Å². The van der Waals surface area contributed by atoms with E-state index >= 15 is 0 Å². The summed E-state index contributed by atoms with van der Waals surface area (Å²) in [7, 11) is 3.37. The number of nitrogens with zero attached hydrogens (tertiary/aromatic N) is 12. The lowest BCUT2D eigenvalue weighted by Crippen LogP contribution is -2.48. The number of para-hydroxylation sites is 2. The summed E-state index contributed by atoms with van der Waals surface area (Å²) in [6, 6.07) is 65.8. The molecule has 0 radical (unpaired) electrons. The zero-order chi connectivity index (χ0) is 62.0. The molecule has 2 aromatic heterocycles. The molecule has 460 valence electrons. The number of hydrogen-bond donors (Lipinski definition) is 0. The van der Waals surface area contributed by atoms with Crippen molar-refractivity contribution in [3.63, 3.8) is 0 Å². The molecule has 0 saturated carbocycles. The fourth-order valence-corrected chi connectivity index (χ4v) is 12.0. The first-order chi connectivity index (χ1) is 44.2. The molecular formula is C74H80N12O4. The van der Waals surface area contributed by atoms with E-state index in [1.807, 2.05) is 70.0 Å². The third kappa shape index (κ3) is 15.5. The summed E-state index contributed by atoms with van der Waals surface area (Å²) in [4.78, 5) is 9.93. The van der Waals surface area contributed by atoms with Gasteiger partial charge in [0.1, 0.15) is 13.2 Å². The molecule has 0 bridgehead atoms. The van der Waals surface area contributed by atoms with Gasteiger partial charge in [-0.05, 0) is 128 Å². The van der Waals surface area contributed by atoms with Gasteiger partial charge in [-0.25, -0.2) is 0 Å². The molecule has 2 fully saturated rings. The molecule has 4 heterocycles. The second kappa shape index (κ2) is 30.6. The van der Waals surface area contributed by atoms with Crippen LogP contribution in [0.1, 0.15) is 79.4 Å². The first kappa shape index (κ1) is 62.0. The largest absolute Gasteiger partial charge is 0.493 e. The standard InChI is InChI=1S/2C37H40N6O2/c2*1-28-12-10-13-29(2)35(28)43-37(38-39-40-43)36(42-24-22-41(23-25-42)21-11-18-30-14-6-4-7-15-30)32-19-20-33(34(26-32)44-3)45-27-31-16-8-5-9-17-31/h2*4-20,26,36H,21-25,27H2,1-3H3/b2*18-11+/t2*36-/m10/s1. The maximum absolute atomic E-state index is 6.20. The zero-order valence-corrected chi connectivity index (χ0v) is 52.4. The predicted molar refractivity (Wildman–Crippen MR) is 355 cm³/mol. The second-order valence-corrected chi connectivity index (χ2v) is 22.9. The Bertz CT molecular complexity index is 3640.